The Bertz CT molecular complexity index is 1280. The summed E-state index contributed by atoms with van der Waals surface area (Å²) in [5, 5.41) is 9.28. The molecule has 0 bridgehead atoms. The summed E-state index contributed by atoms with van der Waals surface area (Å²) >= 11 is 23.6. The molecule has 0 saturated carbocycles. The van der Waals surface area contributed by atoms with Gasteiger partial charge in [0.15, 0.2) is 17.5 Å². The molecule has 1 aromatic heterocycles. The van der Waals surface area contributed by atoms with Crippen molar-refractivity contribution in [3.8, 4) is 23.3 Å². The van der Waals surface area contributed by atoms with Crippen LogP contribution in [0.1, 0.15) is 23.7 Å². The molecule has 0 aliphatic rings. The van der Waals surface area contributed by atoms with Crippen LogP contribution in [0.25, 0.3) is 0 Å². The number of ketones is 1. The van der Waals surface area contributed by atoms with Gasteiger partial charge in [0, 0.05) is 18.6 Å². The van der Waals surface area contributed by atoms with Crippen LogP contribution in [0, 0.1) is 11.3 Å². The van der Waals surface area contributed by atoms with Crippen molar-refractivity contribution in [1.29, 1.82) is 5.26 Å². The highest BCUT2D eigenvalue weighted by Gasteiger charge is 2.31. The Kier molecular flexibility index (Phi) is 8.67. The van der Waals surface area contributed by atoms with Crippen LogP contribution in [0.4, 0.5) is 13.2 Å². The van der Waals surface area contributed by atoms with E-state index in [9.17, 15) is 23.2 Å². The van der Waals surface area contributed by atoms with Gasteiger partial charge in [0.25, 0.3) is 0 Å². The molecule has 1 atom stereocenters. The molecule has 6 nitrogen and oxygen atoms in total. The van der Waals surface area contributed by atoms with Gasteiger partial charge in [-0.1, -0.05) is 46.4 Å². The van der Waals surface area contributed by atoms with Crippen molar-refractivity contribution >= 4 is 52.2 Å². The standard InChI is InChI=1S/C22H12Cl4F3N3O3/c23-14-3-2-12(35-17-4-1-11(7-15(17)24)22(27,28)29)8-18(14)34-6-5-16(33)13(10-30)21-31-19(25)9-20(26)32-21/h1-4,7-9,13H,5-6H2. The van der Waals surface area contributed by atoms with Crippen molar-refractivity contribution in [2.45, 2.75) is 18.5 Å². The summed E-state index contributed by atoms with van der Waals surface area (Å²) in [5.41, 5.74) is -0.916. The Morgan fingerprint density at radius 3 is 2.26 bits per heavy atom. The van der Waals surface area contributed by atoms with E-state index in [2.05, 4.69) is 9.97 Å². The van der Waals surface area contributed by atoms with Crippen molar-refractivity contribution in [3.05, 3.63) is 74.2 Å². The molecule has 13 heteroatoms. The van der Waals surface area contributed by atoms with Crippen LogP contribution in [-0.2, 0) is 11.0 Å². The lowest BCUT2D eigenvalue weighted by molar-refractivity contribution is -0.137. The van der Waals surface area contributed by atoms with Crippen LogP contribution < -0.4 is 9.47 Å². The molecule has 1 unspecified atom stereocenters. The average molecular weight is 565 g/mol. The fraction of sp³-hybridized carbons (Fsp3) is 0.182. The minimum absolute atomic E-state index is 0.0129. The second kappa shape index (κ2) is 11.3. The van der Waals surface area contributed by atoms with E-state index in [-0.39, 0.29) is 56.5 Å². The number of hydrogen-bond donors (Lipinski definition) is 0. The summed E-state index contributed by atoms with van der Waals surface area (Å²) in [6.45, 7) is -0.157. The number of Topliss-reactive ketones (excluding diaryl/α,β-unsaturated/α-hetero) is 1. The maximum Gasteiger partial charge on any atom is 0.416 e. The number of ether oxygens (including phenoxy) is 2. The van der Waals surface area contributed by atoms with E-state index >= 15 is 0 Å². The summed E-state index contributed by atoms with van der Waals surface area (Å²) in [6, 6.07) is 10.0. The van der Waals surface area contributed by atoms with Crippen molar-refractivity contribution < 1.29 is 27.4 Å². The molecular formula is C22H12Cl4F3N3O3. The van der Waals surface area contributed by atoms with Crippen molar-refractivity contribution in [1.82, 2.24) is 9.97 Å². The zero-order valence-electron chi connectivity index (χ0n) is 17.2. The molecule has 1 heterocycles. The highest BCUT2D eigenvalue weighted by Crippen LogP contribution is 2.38. The first-order chi connectivity index (χ1) is 16.5. The zero-order valence-corrected chi connectivity index (χ0v) is 20.3. The zero-order chi connectivity index (χ0) is 25.8. The van der Waals surface area contributed by atoms with Crippen LogP contribution in [0.15, 0.2) is 42.5 Å². The average Bonchev–Trinajstić information content (AvgIpc) is 2.76. The molecule has 0 fully saturated rings. The smallest absolute Gasteiger partial charge is 0.416 e. The number of rotatable bonds is 8. The van der Waals surface area contributed by atoms with Gasteiger partial charge in [0.1, 0.15) is 27.6 Å². The molecule has 0 spiro atoms. The van der Waals surface area contributed by atoms with E-state index in [4.69, 9.17) is 55.9 Å². The summed E-state index contributed by atoms with van der Waals surface area (Å²) in [5.74, 6) is -1.67. The third kappa shape index (κ3) is 7.12. The van der Waals surface area contributed by atoms with E-state index in [0.717, 1.165) is 18.2 Å². The summed E-state index contributed by atoms with van der Waals surface area (Å²) in [4.78, 5) is 20.2. The SMILES string of the molecule is N#CC(C(=O)CCOc1cc(Oc2ccc(C(F)(F)F)cc2Cl)ccc1Cl)c1nc(Cl)cc(Cl)n1. The summed E-state index contributed by atoms with van der Waals surface area (Å²) < 4.78 is 49.5. The van der Waals surface area contributed by atoms with Crippen LogP contribution in [0.3, 0.4) is 0 Å². The number of carbonyl (C=O) groups is 1. The van der Waals surface area contributed by atoms with E-state index in [1.54, 1.807) is 0 Å². The summed E-state index contributed by atoms with van der Waals surface area (Å²) in [6.07, 6.45) is -4.74. The number of hydrogen-bond acceptors (Lipinski definition) is 6. The molecule has 0 N–H and O–H groups in total. The topological polar surface area (TPSA) is 85.1 Å². The first-order valence-corrected chi connectivity index (χ1v) is 11.1. The quantitative estimate of drug-likeness (QED) is 0.263. The molecule has 0 saturated heterocycles. The molecule has 0 aliphatic heterocycles. The Balaban J connectivity index is 1.66. The Hall–Kier alpha value is -2.77. The second-order valence-electron chi connectivity index (χ2n) is 6.84. The number of aromatic nitrogens is 2. The normalized spacial score (nSPS) is 12.1. The Morgan fingerprint density at radius 1 is 0.971 bits per heavy atom. The fourth-order valence-corrected chi connectivity index (χ4v) is 3.59. The minimum atomic E-state index is -4.55. The van der Waals surface area contributed by atoms with Gasteiger partial charge in [-0.3, -0.25) is 4.79 Å². The van der Waals surface area contributed by atoms with Crippen molar-refractivity contribution in [2.24, 2.45) is 0 Å². The minimum Gasteiger partial charge on any atom is -0.491 e. The van der Waals surface area contributed by atoms with Gasteiger partial charge in [0.05, 0.1) is 28.3 Å². The fourth-order valence-electron chi connectivity index (χ4n) is 2.76. The third-order valence-corrected chi connectivity index (χ3v) is 5.38. The van der Waals surface area contributed by atoms with Crippen LogP contribution >= 0.6 is 46.4 Å². The highest BCUT2D eigenvalue weighted by molar-refractivity contribution is 6.33. The number of nitriles is 1. The lowest BCUT2D eigenvalue weighted by atomic mass is 10.0. The number of nitrogens with zero attached hydrogens (tertiary/aromatic N) is 3. The molecular weight excluding hydrogens is 553 g/mol. The number of alkyl halides is 3. The van der Waals surface area contributed by atoms with Gasteiger partial charge in [-0.15, -0.1) is 0 Å². The predicted octanol–water partition coefficient (Wildman–Crippen LogP) is 7.55. The predicted molar refractivity (Wildman–Crippen MR) is 124 cm³/mol. The first kappa shape index (κ1) is 26.8. The summed E-state index contributed by atoms with van der Waals surface area (Å²) in [7, 11) is 0. The van der Waals surface area contributed by atoms with Gasteiger partial charge in [-0.2, -0.15) is 18.4 Å². The second-order valence-corrected chi connectivity index (χ2v) is 8.42. The molecule has 2 aromatic carbocycles. The molecule has 3 aromatic rings. The maximum absolute atomic E-state index is 12.8. The number of carbonyl (C=O) groups excluding carboxylic acids is 1. The molecule has 35 heavy (non-hydrogen) atoms. The van der Waals surface area contributed by atoms with Crippen LogP contribution in [0.5, 0.6) is 17.2 Å². The van der Waals surface area contributed by atoms with Crippen molar-refractivity contribution in [2.75, 3.05) is 6.61 Å². The van der Waals surface area contributed by atoms with Gasteiger partial charge in [0.2, 0.25) is 0 Å². The number of halogens is 7. The van der Waals surface area contributed by atoms with Gasteiger partial charge in [-0.05, 0) is 30.3 Å². The van der Waals surface area contributed by atoms with E-state index in [1.807, 2.05) is 6.07 Å². The lowest BCUT2D eigenvalue weighted by Crippen LogP contribution is -2.17. The van der Waals surface area contributed by atoms with Crippen LogP contribution in [0.2, 0.25) is 20.4 Å². The maximum atomic E-state index is 12.8. The molecule has 0 radical (unpaired) electrons. The molecule has 182 valence electrons. The lowest BCUT2D eigenvalue weighted by Gasteiger charge is -2.13. The monoisotopic (exact) mass is 563 g/mol. The highest BCUT2D eigenvalue weighted by atomic mass is 35.5. The third-order valence-electron chi connectivity index (χ3n) is 4.39. The largest absolute Gasteiger partial charge is 0.491 e. The Morgan fingerprint density at radius 2 is 1.66 bits per heavy atom. The van der Waals surface area contributed by atoms with Gasteiger partial charge >= 0.3 is 6.18 Å². The van der Waals surface area contributed by atoms with E-state index < -0.39 is 23.4 Å². The van der Waals surface area contributed by atoms with Gasteiger partial charge < -0.3 is 9.47 Å². The van der Waals surface area contributed by atoms with Crippen LogP contribution in [-0.4, -0.2) is 22.4 Å². The van der Waals surface area contributed by atoms with E-state index in [1.165, 1.54) is 24.3 Å². The molecule has 0 aliphatic carbocycles. The Labute approximate surface area is 217 Å². The molecule has 0 amide bonds. The van der Waals surface area contributed by atoms with Crippen molar-refractivity contribution in [3.63, 3.8) is 0 Å². The number of benzene rings is 2. The molecule has 3 rings (SSSR count). The van der Waals surface area contributed by atoms with E-state index in [0.29, 0.717) is 0 Å². The first-order valence-electron chi connectivity index (χ1n) is 9.57. The van der Waals surface area contributed by atoms with Gasteiger partial charge in [-0.25, -0.2) is 9.97 Å².